The lowest BCUT2D eigenvalue weighted by Gasteiger charge is -2.29. The van der Waals surface area contributed by atoms with Gasteiger partial charge in [-0.2, -0.15) is 0 Å². The summed E-state index contributed by atoms with van der Waals surface area (Å²) in [4.78, 5) is 25.3. The minimum Gasteiger partial charge on any atom is -0.368 e. The molecule has 0 radical (unpaired) electrons. The number of halogens is 1. The molecule has 3 N–H and O–H groups in total. The van der Waals surface area contributed by atoms with Crippen molar-refractivity contribution in [3.63, 3.8) is 0 Å². The van der Waals surface area contributed by atoms with Gasteiger partial charge in [0.15, 0.2) is 0 Å². The Bertz CT molecular complexity index is 498. The summed E-state index contributed by atoms with van der Waals surface area (Å²) in [5.41, 5.74) is 6.25. The van der Waals surface area contributed by atoms with Crippen LogP contribution in [-0.4, -0.2) is 35.8 Å². The van der Waals surface area contributed by atoms with Crippen molar-refractivity contribution in [2.75, 3.05) is 13.1 Å². The third-order valence-electron chi connectivity index (χ3n) is 3.55. The van der Waals surface area contributed by atoms with Crippen LogP contribution in [0.15, 0.2) is 28.7 Å². The van der Waals surface area contributed by atoms with E-state index in [4.69, 9.17) is 5.73 Å². The lowest BCUT2D eigenvalue weighted by Crippen LogP contribution is -2.50. The Kier molecular flexibility index (Phi) is 5.76. The minimum atomic E-state index is -0.490. The normalized spacial score (nSPS) is 18.2. The van der Waals surface area contributed by atoms with Crippen molar-refractivity contribution in [2.24, 2.45) is 5.73 Å². The van der Waals surface area contributed by atoms with Gasteiger partial charge in [-0.05, 0) is 37.1 Å². The second kappa shape index (κ2) is 7.56. The van der Waals surface area contributed by atoms with Crippen LogP contribution in [-0.2, 0) is 16.1 Å². The molecule has 1 aromatic rings. The summed E-state index contributed by atoms with van der Waals surface area (Å²) < 4.78 is 0.980. The van der Waals surface area contributed by atoms with Crippen LogP contribution >= 0.6 is 15.9 Å². The predicted octanol–water partition coefficient (Wildman–Crippen LogP) is 1.41. The molecule has 1 aliphatic rings. The minimum absolute atomic E-state index is 0.0450. The van der Waals surface area contributed by atoms with Crippen molar-refractivity contribution < 1.29 is 9.59 Å². The van der Waals surface area contributed by atoms with Crippen LogP contribution in [0.5, 0.6) is 0 Å². The van der Waals surface area contributed by atoms with Crippen molar-refractivity contribution >= 4 is 27.7 Å². The average molecular weight is 354 g/mol. The summed E-state index contributed by atoms with van der Waals surface area (Å²) in [6, 6.07) is 7.50. The van der Waals surface area contributed by atoms with Gasteiger partial charge in [0.25, 0.3) is 0 Å². The van der Waals surface area contributed by atoms with E-state index in [0.717, 1.165) is 35.8 Å². The van der Waals surface area contributed by atoms with Crippen LogP contribution in [0.2, 0.25) is 0 Å². The first-order valence-electron chi connectivity index (χ1n) is 7.11. The van der Waals surface area contributed by atoms with Crippen molar-refractivity contribution in [3.05, 3.63) is 34.3 Å². The van der Waals surface area contributed by atoms with Crippen molar-refractivity contribution in [1.29, 1.82) is 0 Å². The number of hydrogen-bond donors (Lipinski definition) is 2. The summed E-state index contributed by atoms with van der Waals surface area (Å²) in [6.45, 7) is 1.19. The predicted molar refractivity (Wildman–Crippen MR) is 84.4 cm³/mol. The first kappa shape index (κ1) is 16.0. The van der Waals surface area contributed by atoms with Gasteiger partial charge >= 0.3 is 0 Å². The highest BCUT2D eigenvalue weighted by atomic mass is 79.9. The monoisotopic (exact) mass is 353 g/mol. The van der Waals surface area contributed by atoms with Gasteiger partial charge in [-0.15, -0.1) is 0 Å². The Morgan fingerprint density at radius 1 is 1.29 bits per heavy atom. The maximum Gasteiger partial charge on any atom is 0.240 e. The summed E-state index contributed by atoms with van der Waals surface area (Å²) >= 11 is 3.38. The van der Waals surface area contributed by atoms with Crippen LogP contribution < -0.4 is 11.1 Å². The number of hydrogen-bond acceptors (Lipinski definition) is 3. The molecule has 21 heavy (non-hydrogen) atoms. The zero-order valence-corrected chi connectivity index (χ0v) is 13.4. The van der Waals surface area contributed by atoms with E-state index in [1.165, 1.54) is 4.90 Å². The number of rotatable bonds is 5. The van der Waals surface area contributed by atoms with E-state index in [2.05, 4.69) is 21.2 Å². The lowest BCUT2D eigenvalue weighted by molar-refractivity contribution is -0.138. The molecule has 1 saturated heterocycles. The van der Waals surface area contributed by atoms with Gasteiger partial charge in [0, 0.05) is 11.0 Å². The van der Waals surface area contributed by atoms with E-state index in [-0.39, 0.29) is 18.5 Å². The molecule has 5 nitrogen and oxygen atoms in total. The number of carbonyl (C=O) groups is 2. The van der Waals surface area contributed by atoms with E-state index in [9.17, 15) is 9.59 Å². The summed E-state index contributed by atoms with van der Waals surface area (Å²) in [5.74, 6) is -0.535. The van der Waals surface area contributed by atoms with Gasteiger partial charge in [0.2, 0.25) is 11.8 Å². The second-order valence-electron chi connectivity index (χ2n) is 5.29. The fourth-order valence-electron chi connectivity index (χ4n) is 2.49. The molecule has 1 aromatic carbocycles. The van der Waals surface area contributed by atoms with Crippen molar-refractivity contribution in [2.45, 2.75) is 31.8 Å². The second-order valence-corrected chi connectivity index (χ2v) is 6.21. The van der Waals surface area contributed by atoms with Crippen LogP contribution in [0.1, 0.15) is 24.8 Å². The summed E-state index contributed by atoms with van der Waals surface area (Å²) in [5, 5.41) is 3.22. The highest BCUT2D eigenvalue weighted by Gasteiger charge is 2.26. The van der Waals surface area contributed by atoms with Crippen LogP contribution in [0.3, 0.4) is 0 Å². The number of nitrogens with two attached hydrogens (primary N) is 1. The number of amides is 2. The molecule has 1 heterocycles. The molecule has 2 amide bonds. The number of piperidine rings is 1. The van der Waals surface area contributed by atoms with Gasteiger partial charge in [-0.1, -0.05) is 34.5 Å². The summed E-state index contributed by atoms with van der Waals surface area (Å²) in [6.07, 6.45) is 2.94. The number of primary amides is 1. The van der Waals surface area contributed by atoms with Gasteiger partial charge in [0.05, 0.1) is 12.6 Å². The van der Waals surface area contributed by atoms with E-state index in [1.807, 2.05) is 24.3 Å². The SMILES string of the molecule is NC(=O)CN(Cc1ccc(Br)cc1)C(=O)[C@H]1CCCCN1. The molecule has 0 spiro atoms. The zero-order valence-electron chi connectivity index (χ0n) is 11.8. The Labute approximate surface area is 133 Å². The Balaban J connectivity index is 2.07. The standard InChI is InChI=1S/C15H20BrN3O2/c16-12-6-4-11(5-7-12)9-19(10-14(17)20)15(21)13-3-1-2-8-18-13/h4-7,13,18H,1-3,8-10H2,(H2,17,20)/t13-/m1/s1. The van der Waals surface area contributed by atoms with Gasteiger partial charge in [-0.3, -0.25) is 9.59 Å². The van der Waals surface area contributed by atoms with Crippen molar-refractivity contribution in [3.8, 4) is 0 Å². The maximum absolute atomic E-state index is 12.6. The third kappa shape index (κ3) is 4.82. The van der Waals surface area contributed by atoms with Gasteiger partial charge in [0.1, 0.15) is 0 Å². The zero-order chi connectivity index (χ0) is 15.2. The average Bonchev–Trinajstić information content (AvgIpc) is 2.48. The smallest absolute Gasteiger partial charge is 0.240 e. The van der Waals surface area contributed by atoms with Crippen molar-refractivity contribution in [1.82, 2.24) is 10.2 Å². The highest BCUT2D eigenvalue weighted by Crippen LogP contribution is 2.15. The topological polar surface area (TPSA) is 75.4 Å². The van der Waals surface area contributed by atoms with E-state index >= 15 is 0 Å². The molecule has 2 rings (SSSR count). The maximum atomic E-state index is 12.6. The largest absolute Gasteiger partial charge is 0.368 e. The molecule has 114 valence electrons. The van der Waals surface area contributed by atoms with Gasteiger partial charge < -0.3 is 16.0 Å². The van der Waals surface area contributed by atoms with Crippen LogP contribution in [0.25, 0.3) is 0 Å². The van der Waals surface area contributed by atoms with Gasteiger partial charge in [-0.25, -0.2) is 0 Å². The number of carbonyl (C=O) groups excluding carboxylic acids is 2. The Morgan fingerprint density at radius 3 is 2.57 bits per heavy atom. The first-order valence-corrected chi connectivity index (χ1v) is 7.90. The number of benzene rings is 1. The first-order chi connectivity index (χ1) is 10.1. The highest BCUT2D eigenvalue weighted by molar-refractivity contribution is 9.10. The van der Waals surface area contributed by atoms with E-state index in [1.54, 1.807) is 0 Å². The summed E-state index contributed by atoms with van der Waals surface area (Å²) in [7, 11) is 0. The van der Waals surface area contributed by atoms with E-state index < -0.39 is 5.91 Å². The van der Waals surface area contributed by atoms with Crippen LogP contribution in [0.4, 0.5) is 0 Å². The molecule has 0 unspecified atom stereocenters. The van der Waals surface area contributed by atoms with E-state index in [0.29, 0.717) is 6.54 Å². The Morgan fingerprint density at radius 2 is 2.00 bits per heavy atom. The quantitative estimate of drug-likeness (QED) is 0.840. The third-order valence-corrected chi connectivity index (χ3v) is 4.08. The molecule has 1 atom stereocenters. The van der Waals surface area contributed by atoms with Crippen LogP contribution in [0, 0.1) is 0 Å². The molecule has 0 bridgehead atoms. The molecular weight excluding hydrogens is 334 g/mol. The fraction of sp³-hybridized carbons (Fsp3) is 0.467. The molecular formula is C15H20BrN3O2. The molecule has 0 saturated carbocycles. The molecule has 1 aliphatic heterocycles. The number of nitrogens with one attached hydrogen (secondary N) is 1. The lowest BCUT2D eigenvalue weighted by atomic mass is 10.0. The molecule has 0 aliphatic carbocycles. The fourth-order valence-corrected chi connectivity index (χ4v) is 2.76. The molecule has 6 heteroatoms. The number of nitrogens with zero attached hydrogens (tertiary/aromatic N) is 1. The Hall–Kier alpha value is -1.40. The molecule has 0 aromatic heterocycles. The molecule has 1 fully saturated rings.